The van der Waals surface area contributed by atoms with Gasteiger partial charge in [0.05, 0.1) is 30.1 Å². The van der Waals surface area contributed by atoms with Crippen molar-refractivity contribution in [2.75, 3.05) is 6.54 Å². The molecule has 0 amide bonds. The molecule has 1 aliphatic rings. The van der Waals surface area contributed by atoms with E-state index in [-0.39, 0.29) is 0 Å². The van der Waals surface area contributed by atoms with E-state index in [1.54, 1.807) is 0 Å². The molecule has 5 rings (SSSR count). The second-order valence-electron chi connectivity index (χ2n) is 7.65. The summed E-state index contributed by atoms with van der Waals surface area (Å²) in [6.45, 7) is 5.08. The molecular weight excluding hydrogens is 348 g/mol. The van der Waals surface area contributed by atoms with Crippen LogP contribution < -0.4 is 0 Å². The van der Waals surface area contributed by atoms with Gasteiger partial charge in [0.2, 0.25) is 5.89 Å². The number of oxazole rings is 1. The van der Waals surface area contributed by atoms with E-state index in [1.807, 2.05) is 30.7 Å². The summed E-state index contributed by atoms with van der Waals surface area (Å²) in [7, 11) is 0. The van der Waals surface area contributed by atoms with Gasteiger partial charge in [-0.1, -0.05) is 24.3 Å². The maximum Gasteiger partial charge on any atom is 0.226 e. The molecule has 142 valence electrons. The number of rotatable bonds is 5. The van der Waals surface area contributed by atoms with Crippen LogP contribution in [0.15, 0.2) is 65.5 Å². The fourth-order valence-corrected chi connectivity index (χ4v) is 4.03. The Labute approximate surface area is 164 Å². The lowest BCUT2D eigenvalue weighted by molar-refractivity contribution is 0.239. The number of imidazole rings is 1. The first-order valence-corrected chi connectivity index (χ1v) is 9.94. The second kappa shape index (κ2) is 7.24. The first-order chi connectivity index (χ1) is 13.8. The molecule has 0 radical (unpaired) electrons. The van der Waals surface area contributed by atoms with Crippen LogP contribution in [0.2, 0.25) is 0 Å². The Bertz CT molecular complexity index is 1080. The summed E-state index contributed by atoms with van der Waals surface area (Å²) in [5.41, 5.74) is 4.42. The number of para-hydroxylation sites is 2. The lowest BCUT2D eigenvalue weighted by Crippen LogP contribution is -2.25. The van der Waals surface area contributed by atoms with E-state index >= 15 is 0 Å². The average Bonchev–Trinajstić information content (AvgIpc) is 3.45. The monoisotopic (exact) mass is 372 g/mol. The molecule has 0 bridgehead atoms. The summed E-state index contributed by atoms with van der Waals surface area (Å²) in [5.74, 6) is 1.64. The summed E-state index contributed by atoms with van der Waals surface area (Å²) >= 11 is 0. The van der Waals surface area contributed by atoms with Gasteiger partial charge in [-0.3, -0.25) is 4.90 Å². The molecule has 1 saturated heterocycles. The number of likely N-dealkylation sites (tertiary alicyclic amines) is 1. The molecule has 28 heavy (non-hydrogen) atoms. The van der Waals surface area contributed by atoms with Gasteiger partial charge in [-0.25, -0.2) is 9.97 Å². The number of nitrogens with zero attached hydrogens (tertiary/aromatic N) is 4. The van der Waals surface area contributed by atoms with Crippen LogP contribution >= 0.6 is 0 Å². The topological polar surface area (TPSA) is 47.1 Å². The third-order valence-electron chi connectivity index (χ3n) is 5.68. The summed E-state index contributed by atoms with van der Waals surface area (Å²) in [4.78, 5) is 11.4. The highest BCUT2D eigenvalue weighted by Crippen LogP contribution is 2.24. The van der Waals surface area contributed by atoms with E-state index in [2.05, 4.69) is 56.7 Å². The average molecular weight is 372 g/mol. The van der Waals surface area contributed by atoms with Gasteiger partial charge in [0.25, 0.3) is 0 Å². The Morgan fingerprint density at radius 2 is 1.89 bits per heavy atom. The highest BCUT2D eigenvalue weighted by atomic mass is 16.4. The number of hydrogen-bond acceptors (Lipinski definition) is 4. The van der Waals surface area contributed by atoms with Crippen molar-refractivity contribution < 1.29 is 4.42 Å². The predicted molar refractivity (Wildman–Crippen MR) is 110 cm³/mol. The van der Waals surface area contributed by atoms with Gasteiger partial charge in [-0.2, -0.15) is 0 Å². The van der Waals surface area contributed by atoms with Gasteiger partial charge in [0, 0.05) is 18.2 Å². The zero-order valence-corrected chi connectivity index (χ0v) is 16.1. The number of hydrogen-bond donors (Lipinski definition) is 0. The Morgan fingerprint density at radius 3 is 2.71 bits per heavy atom. The van der Waals surface area contributed by atoms with Crippen LogP contribution in [0.5, 0.6) is 0 Å². The SMILES string of the molecule is C[C@@H]1CCCN1Cc1cnc(-c2ccc(Cn3cnc4ccccc43)cc2)o1. The molecule has 2 aromatic carbocycles. The molecule has 0 saturated carbocycles. The molecule has 1 aliphatic heterocycles. The third kappa shape index (κ3) is 3.34. The molecule has 5 nitrogen and oxygen atoms in total. The minimum absolute atomic E-state index is 0.632. The van der Waals surface area contributed by atoms with Crippen molar-refractivity contribution in [3.05, 3.63) is 72.4 Å². The molecule has 0 aliphatic carbocycles. The molecule has 2 aromatic heterocycles. The summed E-state index contributed by atoms with van der Waals surface area (Å²) in [6.07, 6.45) is 6.31. The minimum atomic E-state index is 0.632. The van der Waals surface area contributed by atoms with Crippen LogP contribution in [0, 0.1) is 0 Å². The Morgan fingerprint density at radius 1 is 1.04 bits per heavy atom. The van der Waals surface area contributed by atoms with Crippen molar-refractivity contribution in [2.45, 2.75) is 38.9 Å². The molecular formula is C23H24N4O. The van der Waals surface area contributed by atoms with Gasteiger partial charge in [0.1, 0.15) is 5.76 Å². The largest absolute Gasteiger partial charge is 0.440 e. The van der Waals surface area contributed by atoms with E-state index in [0.717, 1.165) is 42.0 Å². The first kappa shape index (κ1) is 17.2. The van der Waals surface area contributed by atoms with Crippen LogP contribution in [-0.4, -0.2) is 32.0 Å². The van der Waals surface area contributed by atoms with E-state index in [9.17, 15) is 0 Å². The molecule has 5 heteroatoms. The van der Waals surface area contributed by atoms with Crippen molar-refractivity contribution in [1.29, 1.82) is 0 Å². The Kier molecular flexibility index (Phi) is 4.45. The summed E-state index contributed by atoms with van der Waals surface area (Å²) in [5, 5.41) is 0. The van der Waals surface area contributed by atoms with E-state index in [0.29, 0.717) is 11.9 Å². The maximum absolute atomic E-state index is 6.02. The number of benzene rings is 2. The lowest BCUT2D eigenvalue weighted by atomic mass is 10.1. The van der Waals surface area contributed by atoms with Gasteiger partial charge in [0.15, 0.2) is 0 Å². The fourth-order valence-electron chi connectivity index (χ4n) is 4.03. The number of fused-ring (bicyclic) bond motifs is 1. The molecule has 0 N–H and O–H groups in total. The Balaban J connectivity index is 1.30. The quantitative estimate of drug-likeness (QED) is 0.508. The van der Waals surface area contributed by atoms with Gasteiger partial charge in [-0.05, 0) is 56.1 Å². The zero-order valence-electron chi connectivity index (χ0n) is 16.1. The van der Waals surface area contributed by atoms with Crippen molar-refractivity contribution in [3.63, 3.8) is 0 Å². The van der Waals surface area contributed by atoms with E-state index in [1.165, 1.54) is 18.4 Å². The van der Waals surface area contributed by atoms with E-state index < -0.39 is 0 Å². The second-order valence-corrected chi connectivity index (χ2v) is 7.65. The lowest BCUT2D eigenvalue weighted by Gasteiger charge is -2.18. The summed E-state index contributed by atoms with van der Waals surface area (Å²) in [6, 6.07) is 17.3. The molecule has 0 unspecified atom stereocenters. The maximum atomic E-state index is 6.02. The normalized spacial score (nSPS) is 17.5. The molecule has 1 fully saturated rings. The van der Waals surface area contributed by atoms with Crippen LogP contribution in [-0.2, 0) is 13.1 Å². The van der Waals surface area contributed by atoms with Crippen molar-refractivity contribution in [3.8, 4) is 11.5 Å². The van der Waals surface area contributed by atoms with Crippen LogP contribution in [0.25, 0.3) is 22.5 Å². The van der Waals surface area contributed by atoms with E-state index in [4.69, 9.17) is 4.42 Å². The highest BCUT2D eigenvalue weighted by Gasteiger charge is 2.21. The fraction of sp³-hybridized carbons (Fsp3) is 0.304. The third-order valence-corrected chi connectivity index (χ3v) is 5.68. The Hall–Kier alpha value is -2.92. The van der Waals surface area contributed by atoms with Gasteiger partial charge in [-0.15, -0.1) is 0 Å². The molecule has 3 heterocycles. The van der Waals surface area contributed by atoms with Gasteiger partial charge >= 0.3 is 0 Å². The van der Waals surface area contributed by atoms with Gasteiger partial charge < -0.3 is 8.98 Å². The van der Waals surface area contributed by atoms with Crippen molar-refractivity contribution in [1.82, 2.24) is 19.4 Å². The molecule has 0 spiro atoms. The van der Waals surface area contributed by atoms with Crippen LogP contribution in [0.1, 0.15) is 31.1 Å². The van der Waals surface area contributed by atoms with Crippen molar-refractivity contribution >= 4 is 11.0 Å². The molecule has 1 atom stereocenters. The first-order valence-electron chi connectivity index (χ1n) is 9.94. The van der Waals surface area contributed by atoms with Crippen molar-refractivity contribution in [2.24, 2.45) is 0 Å². The van der Waals surface area contributed by atoms with Crippen LogP contribution in [0.3, 0.4) is 0 Å². The van der Waals surface area contributed by atoms with Crippen LogP contribution in [0.4, 0.5) is 0 Å². The number of aromatic nitrogens is 3. The highest BCUT2D eigenvalue weighted by molar-refractivity contribution is 5.75. The summed E-state index contributed by atoms with van der Waals surface area (Å²) < 4.78 is 8.19. The molecule has 4 aromatic rings. The standard InChI is InChI=1S/C23H24N4O/c1-17-5-4-12-26(17)15-20-13-24-23(28-20)19-10-8-18(9-11-19)14-27-16-25-21-6-2-3-7-22(21)27/h2-3,6-11,13,16-17H,4-5,12,14-15H2,1H3/t17-/m1/s1. The predicted octanol–water partition coefficient (Wildman–Crippen LogP) is 4.72. The smallest absolute Gasteiger partial charge is 0.226 e. The zero-order chi connectivity index (χ0) is 18.9. The minimum Gasteiger partial charge on any atom is -0.440 e.